The highest BCUT2D eigenvalue weighted by atomic mass is 16.1. The van der Waals surface area contributed by atoms with E-state index in [-0.39, 0.29) is 0 Å². The van der Waals surface area contributed by atoms with Crippen molar-refractivity contribution in [1.29, 1.82) is 0 Å². The lowest BCUT2D eigenvalue weighted by Gasteiger charge is -2.27. The molecule has 0 aromatic rings. The van der Waals surface area contributed by atoms with Crippen molar-refractivity contribution in [2.24, 2.45) is 0 Å². The molecule has 0 aromatic carbocycles. The number of hydrogen-bond donors (Lipinski definition) is 0. The van der Waals surface area contributed by atoms with Gasteiger partial charge in [-0.15, -0.1) is 0 Å². The van der Waals surface area contributed by atoms with E-state index < -0.39 is 0 Å². The van der Waals surface area contributed by atoms with Gasteiger partial charge in [0.15, 0.2) is 5.78 Å². The molecule has 2 heterocycles. The Hall–Kier alpha value is -0.370. The minimum atomic E-state index is 0.328. The molecular formula is C8H13NO. The number of piperidine rings is 1. The number of fused-ring (bicyclic) bond motifs is 1. The largest absolute Gasteiger partial charge is 0.298 e. The van der Waals surface area contributed by atoms with E-state index in [0.29, 0.717) is 11.8 Å². The molecule has 0 saturated carbocycles. The van der Waals surface area contributed by atoms with Crippen LogP contribution in [0.2, 0.25) is 0 Å². The molecule has 2 saturated heterocycles. The number of ketones is 1. The number of Topliss-reactive ketones (excluding diaryl/α,β-unsaturated/α-hetero) is 1. The van der Waals surface area contributed by atoms with E-state index in [4.69, 9.17) is 0 Å². The molecule has 0 spiro atoms. The van der Waals surface area contributed by atoms with Gasteiger partial charge in [0.2, 0.25) is 0 Å². The van der Waals surface area contributed by atoms with Crippen LogP contribution in [0.3, 0.4) is 0 Å². The van der Waals surface area contributed by atoms with Crippen LogP contribution >= 0.6 is 0 Å². The van der Waals surface area contributed by atoms with Crippen LogP contribution in [-0.4, -0.2) is 29.8 Å². The Morgan fingerprint density at radius 3 is 3.00 bits per heavy atom. The number of carbonyl (C=O) groups is 1. The monoisotopic (exact) mass is 139 g/mol. The highest BCUT2D eigenvalue weighted by Gasteiger charge is 2.33. The molecule has 2 fully saturated rings. The Labute approximate surface area is 61.2 Å². The Morgan fingerprint density at radius 1 is 1.30 bits per heavy atom. The molecule has 0 radical (unpaired) electrons. The Bertz CT molecular complexity index is 155. The van der Waals surface area contributed by atoms with Gasteiger partial charge in [-0.05, 0) is 19.4 Å². The minimum Gasteiger partial charge on any atom is -0.298 e. The van der Waals surface area contributed by atoms with E-state index in [1.807, 2.05) is 0 Å². The summed E-state index contributed by atoms with van der Waals surface area (Å²) in [7, 11) is 0. The van der Waals surface area contributed by atoms with E-state index in [2.05, 4.69) is 4.90 Å². The first-order chi connectivity index (χ1) is 4.88. The van der Waals surface area contributed by atoms with Crippen LogP contribution < -0.4 is 0 Å². The summed E-state index contributed by atoms with van der Waals surface area (Å²) in [6.45, 7) is 2.19. The zero-order valence-corrected chi connectivity index (χ0v) is 6.18. The van der Waals surface area contributed by atoms with Gasteiger partial charge in [-0.25, -0.2) is 0 Å². The van der Waals surface area contributed by atoms with Crippen molar-refractivity contribution >= 4 is 5.78 Å². The second-order valence-corrected chi connectivity index (χ2v) is 3.26. The molecule has 2 aliphatic heterocycles. The van der Waals surface area contributed by atoms with Crippen molar-refractivity contribution < 1.29 is 4.79 Å². The maximum absolute atomic E-state index is 11.2. The van der Waals surface area contributed by atoms with E-state index in [1.165, 1.54) is 12.8 Å². The van der Waals surface area contributed by atoms with Crippen molar-refractivity contribution in [3.05, 3.63) is 0 Å². The standard InChI is InChI=1S/C8H13NO/c10-8-4-6-9-5-2-1-3-7(8)9/h7H,1-6H2/t7-/m0/s1. The highest BCUT2D eigenvalue weighted by molar-refractivity contribution is 5.86. The molecule has 2 heteroatoms. The second kappa shape index (κ2) is 2.35. The molecule has 0 N–H and O–H groups in total. The summed E-state index contributed by atoms with van der Waals surface area (Å²) in [6.07, 6.45) is 4.49. The van der Waals surface area contributed by atoms with Crippen molar-refractivity contribution in [3.63, 3.8) is 0 Å². The number of rotatable bonds is 0. The summed E-state index contributed by atoms with van der Waals surface area (Å²) in [5, 5.41) is 0. The number of carbonyl (C=O) groups excluding carboxylic acids is 1. The summed E-state index contributed by atoms with van der Waals surface area (Å²) in [5.74, 6) is 0.486. The first kappa shape index (κ1) is 6.35. The molecular weight excluding hydrogens is 126 g/mol. The van der Waals surface area contributed by atoms with Crippen molar-refractivity contribution in [2.75, 3.05) is 13.1 Å². The Morgan fingerprint density at radius 2 is 2.20 bits per heavy atom. The van der Waals surface area contributed by atoms with Crippen LogP contribution in [0.5, 0.6) is 0 Å². The molecule has 0 unspecified atom stereocenters. The molecule has 56 valence electrons. The fourth-order valence-corrected chi connectivity index (χ4v) is 2.04. The van der Waals surface area contributed by atoms with Gasteiger partial charge in [0.1, 0.15) is 0 Å². The molecule has 2 nitrogen and oxygen atoms in total. The maximum atomic E-state index is 11.2. The fourth-order valence-electron chi connectivity index (χ4n) is 2.04. The lowest BCUT2D eigenvalue weighted by Crippen LogP contribution is -2.37. The zero-order chi connectivity index (χ0) is 6.97. The second-order valence-electron chi connectivity index (χ2n) is 3.26. The lowest BCUT2D eigenvalue weighted by atomic mass is 10.0. The third-order valence-corrected chi connectivity index (χ3v) is 2.63. The summed E-state index contributed by atoms with van der Waals surface area (Å²) >= 11 is 0. The molecule has 0 amide bonds. The average molecular weight is 139 g/mol. The predicted octanol–water partition coefficient (Wildman–Crippen LogP) is 0.814. The van der Waals surface area contributed by atoms with Gasteiger partial charge >= 0.3 is 0 Å². The van der Waals surface area contributed by atoms with E-state index in [0.717, 1.165) is 25.9 Å². The summed E-state index contributed by atoms with van der Waals surface area (Å²) in [4.78, 5) is 13.5. The van der Waals surface area contributed by atoms with Crippen LogP contribution in [-0.2, 0) is 4.79 Å². The number of nitrogens with zero attached hydrogens (tertiary/aromatic N) is 1. The highest BCUT2D eigenvalue weighted by Crippen LogP contribution is 2.23. The topological polar surface area (TPSA) is 20.3 Å². The normalized spacial score (nSPS) is 34.4. The molecule has 2 rings (SSSR count). The molecule has 0 aromatic heterocycles. The van der Waals surface area contributed by atoms with Gasteiger partial charge in [0.25, 0.3) is 0 Å². The van der Waals surface area contributed by atoms with Crippen molar-refractivity contribution in [3.8, 4) is 0 Å². The van der Waals surface area contributed by atoms with E-state index in [1.54, 1.807) is 0 Å². The maximum Gasteiger partial charge on any atom is 0.151 e. The average Bonchev–Trinajstić information content (AvgIpc) is 2.34. The van der Waals surface area contributed by atoms with Gasteiger partial charge in [0.05, 0.1) is 6.04 Å². The smallest absolute Gasteiger partial charge is 0.151 e. The van der Waals surface area contributed by atoms with Crippen LogP contribution in [0.15, 0.2) is 0 Å². The van der Waals surface area contributed by atoms with Gasteiger partial charge in [0, 0.05) is 13.0 Å². The van der Waals surface area contributed by atoms with Gasteiger partial charge in [-0.1, -0.05) is 6.42 Å². The molecule has 0 aliphatic carbocycles. The lowest BCUT2D eigenvalue weighted by molar-refractivity contribution is -0.120. The van der Waals surface area contributed by atoms with Gasteiger partial charge < -0.3 is 0 Å². The summed E-state index contributed by atoms with van der Waals surface area (Å²) < 4.78 is 0. The number of hydrogen-bond acceptors (Lipinski definition) is 2. The third kappa shape index (κ3) is 0.870. The molecule has 1 atom stereocenters. The SMILES string of the molecule is O=C1CCN2CCCC[C@@H]12. The Kier molecular flexibility index (Phi) is 1.49. The van der Waals surface area contributed by atoms with Crippen LogP contribution in [0.4, 0.5) is 0 Å². The quantitative estimate of drug-likeness (QED) is 0.495. The van der Waals surface area contributed by atoms with Crippen molar-refractivity contribution in [1.82, 2.24) is 4.90 Å². The fraction of sp³-hybridized carbons (Fsp3) is 0.875. The molecule has 0 bridgehead atoms. The third-order valence-electron chi connectivity index (χ3n) is 2.63. The minimum absolute atomic E-state index is 0.328. The van der Waals surface area contributed by atoms with Crippen LogP contribution in [0.25, 0.3) is 0 Å². The van der Waals surface area contributed by atoms with E-state index >= 15 is 0 Å². The molecule has 2 aliphatic rings. The Balaban J connectivity index is 2.08. The summed E-state index contributed by atoms with van der Waals surface area (Å²) in [5.41, 5.74) is 0. The predicted molar refractivity (Wildman–Crippen MR) is 38.8 cm³/mol. The van der Waals surface area contributed by atoms with Crippen LogP contribution in [0.1, 0.15) is 25.7 Å². The van der Waals surface area contributed by atoms with Gasteiger partial charge in [-0.3, -0.25) is 9.69 Å². The van der Waals surface area contributed by atoms with Gasteiger partial charge in [-0.2, -0.15) is 0 Å². The first-order valence-electron chi connectivity index (χ1n) is 4.15. The summed E-state index contributed by atoms with van der Waals surface area (Å²) in [6, 6.07) is 0.328. The van der Waals surface area contributed by atoms with Crippen LogP contribution in [0, 0.1) is 0 Å². The van der Waals surface area contributed by atoms with E-state index in [9.17, 15) is 4.79 Å². The zero-order valence-electron chi connectivity index (χ0n) is 6.18. The molecule has 10 heavy (non-hydrogen) atoms. The first-order valence-corrected chi connectivity index (χ1v) is 4.15. The van der Waals surface area contributed by atoms with Crippen molar-refractivity contribution in [2.45, 2.75) is 31.7 Å².